The van der Waals surface area contributed by atoms with Crippen molar-refractivity contribution in [2.75, 3.05) is 5.32 Å². The van der Waals surface area contributed by atoms with Crippen LogP contribution in [0.15, 0.2) is 36.5 Å². The van der Waals surface area contributed by atoms with Gasteiger partial charge in [0.2, 0.25) is 5.88 Å². The minimum atomic E-state index is 0.0463. The third-order valence-electron chi connectivity index (χ3n) is 2.63. The maximum atomic E-state index is 9.78. The molecule has 0 spiro atoms. The van der Waals surface area contributed by atoms with Crippen molar-refractivity contribution < 1.29 is 9.84 Å². The van der Waals surface area contributed by atoms with Crippen LogP contribution in [0, 0.1) is 0 Å². The molecule has 20 heavy (non-hydrogen) atoms. The molecule has 0 atom stereocenters. The standard InChI is InChI=1S/C15H17ClN2O2/c1-10(2)20-15-13(4-3-7-17-15)18-9-11-8-12(16)5-6-14(11)19/h3-8,10,18-19H,9H2,1-2H3. The fraction of sp³-hybridized carbons (Fsp3) is 0.267. The van der Waals surface area contributed by atoms with E-state index < -0.39 is 0 Å². The van der Waals surface area contributed by atoms with E-state index in [1.165, 1.54) is 0 Å². The fourth-order valence-electron chi connectivity index (χ4n) is 1.73. The molecule has 5 heteroatoms. The van der Waals surface area contributed by atoms with Gasteiger partial charge in [0.05, 0.1) is 11.8 Å². The molecule has 0 aliphatic carbocycles. The average molecular weight is 293 g/mol. The van der Waals surface area contributed by atoms with E-state index in [0.717, 1.165) is 11.3 Å². The van der Waals surface area contributed by atoms with E-state index in [0.29, 0.717) is 17.4 Å². The number of ether oxygens (including phenoxy) is 1. The summed E-state index contributed by atoms with van der Waals surface area (Å²) < 4.78 is 5.63. The second kappa shape index (κ2) is 6.48. The van der Waals surface area contributed by atoms with Crippen molar-refractivity contribution >= 4 is 17.3 Å². The number of nitrogens with zero attached hydrogens (tertiary/aromatic N) is 1. The van der Waals surface area contributed by atoms with Crippen molar-refractivity contribution in [2.24, 2.45) is 0 Å². The number of phenols is 1. The number of hydrogen-bond acceptors (Lipinski definition) is 4. The van der Waals surface area contributed by atoms with Crippen LogP contribution in [0.4, 0.5) is 5.69 Å². The SMILES string of the molecule is CC(C)Oc1ncccc1NCc1cc(Cl)ccc1O. The predicted molar refractivity (Wildman–Crippen MR) is 80.4 cm³/mol. The first-order chi connectivity index (χ1) is 9.56. The van der Waals surface area contributed by atoms with Crippen molar-refractivity contribution in [2.45, 2.75) is 26.5 Å². The van der Waals surface area contributed by atoms with E-state index in [9.17, 15) is 5.11 Å². The highest BCUT2D eigenvalue weighted by atomic mass is 35.5. The van der Waals surface area contributed by atoms with E-state index in [1.54, 1.807) is 24.4 Å². The molecule has 2 N–H and O–H groups in total. The molecule has 0 bridgehead atoms. The minimum Gasteiger partial charge on any atom is -0.508 e. The Hall–Kier alpha value is -1.94. The molecule has 1 aromatic carbocycles. The van der Waals surface area contributed by atoms with Crippen molar-refractivity contribution in [1.29, 1.82) is 0 Å². The van der Waals surface area contributed by atoms with Crippen LogP contribution in [0.5, 0.6) is 11.6 Å². The Labute approximate surface area is 123 Å². The Morgan fingerprint density at radius 2 is 2.15 bits per heavy atom. The third-order valence-corrected chi connectivity index (χ3v) is 2.86. The number of aromatic nitrogens is 1. The lowest BCUT2D eigenvalue weighted by molar-refractivity contribution is 0.234. The van der Waals surface area contributed by atoms with E-state index in [2.05, 4.69) is 10.3 Å². The second-order valence-electron chi connectivity index (χ2n) is 4.65. The van der Waals surface area contributed by atoms with Crippen molar-refractivity contribution in [1.82, 2.24) is 4.98 Å². The number of phenolic OH excluding ortho intramolecular Hbond substituents is 1. The van der Waals surface area contributed by atoms with Crippen LogP contribution in [-0.2, 0) is 6.54 Å². The second-order valence-corrected chi connectivity index (χ2v) is 5.09. The number of hydrogen-bond donors (Lipinski definition) is 2. The maximum absolute atomic E-state index is 9.78. The third kappa shape index (κ3) is 3.78. The zero-order valence-electron chi connectivity index (χ0n) is 11.4. The molecule has 0 fully saturated rings. The molecule has 0 amide bonds. The van der Waals surface area contributed by atoms with Crippen LogP contribution >= 0.6 is 11.6 Å². The molecule has 106 valence electrons. The molecule has 1 heterocycles. The fourth-order valence-corrected chi connectivity index (χ4v) is 1.92. The average Bonchev–Trinajstić information content (AvgIpc) is 2.41. The molecule has 0 saturated heterocycles. The molecule has 0 unspecified atom stereocenters. The van der Waals surface area contributed by atoms with Gasteiger partial charge in [-0.15, -0.1) is 0 Å². The first-order valence-electron chi connectivity index (χ1n) is 6.39. The topological polar surface area (TPSA) is 54.4 Å². The van der Waals surface area contributed by atoms with Gasteiger partial charge in [-0.1, -0.05) is 11.6 Å². The van der Waals surface area contributed by atoms with E-state index in [4.69, 9.17) is 16.3 Å². The van der Waals surface area contributed by atoms with Gasteiger partial charge in [0, 0.05) is 23.3 Å². The van der Waals surface area contributed by atoms with Gasteiger partial charge in [-0.2, -0.15) is 0 Å². The number of nitrogens with one attached hydrogen (secondary N) is 1. The highest BCUT2D eigenvalue weighted by molar-refractivity contribution is 6.30. The molecule has 0 aliphatic rings. The Morgan fingerprint density at radius 3 is 2.90 bits per heavy atom. The van der Waals surface area contributed by atoms with Gasteiger partial charge in [-0.05, 0) is 44.2 Å². The molecule has 4 nitrogen and oxygen atoms in total. The van der Waals surface area contributed by atoms with Gasteiger partial charge in [0.15, 0.2) is 0 Å². The van der Waals surface area contributed by atoms with Gasteiger partial charge < -0.3 is 15.2 Å². The van der Waals surface area contributed by atoms with Gasteiger partial charge in [0.25, 0.3) is 0 Å². The van der Waals surface area contributed by atoms with Crippen molar-refractivity contribution in [3.63, 3.8) is 0 Å². The Kier molecular flexibility index (Phi) is 4.69. The maximum Gasteiger partial charge on any atom is 0.237 e. The number of aromatic hydroxyl groups is 1. The summed E-state index contributed by atoms with van der Waals surface area (Å²) in [6.07, 6.45) is 1.73. The molecular formula is C15H17ClN2O2. The summed E-state index contributed by atoms with van der Waals surface area (Å²) in [5.41, 5.74) is 1.50. The summed E-state index contributed by atoms with van der Waals surface area (Å²) in [4.78, 5) is 4.20. The zero-order chi connectivity index (χ0) is 14.5. The number of anilines is 1. The predicted octanol–water partition coefficient (Wildman–Crippen LogP) is 3.84. The van der Waals surface area contributed by atoms with Crippen LogP contribution < -0.4 is 10.1 Å². The van der Waals surface area contributed by atoms with Crippen LogP contribution in [0.1, 0.15) is 19.4 Å². The Balaban J connectivity index is 2.12. The molecule has 0 saturated carbocycles. The lowest BCUT2D eigenvalue weighted by Gasteiger charge is -2.14. The molecule has 0 aliphatic heterocycles. The van der Waals surface area contributed by atoms with E-state index >= 15 is 0 Å². The highest BCUT2D eigenvalue weighted by Crippen LogP contribution is 2.25. The first kappa shape index (κ1) is 14.5. The summed E-state index contributed by atoms with van der Waals surface area (Å²) in [6.45, 7) is 4.33. The molecule has 1 aromatic heterocycles. The molecule has 2 rings (SSSR count). The van der Waals surface area contributed by atoms with Crippen LogP contribution in [0.2, 0.25) is 5.02 Å². The molecule has 0 radical (unpaired) electrons. The minimum absolute atomic E-state index is 0.0463. The lowest BCUT2D eigenvalue weighted by Crippen LogP contribution is -2.10. The normalized spacial score (nSPS) is 10.6. The van der Waals surface area contributed by atoms with Gasteiger partial charge in [0.1, 0.15) is 5.75 Å². The largest absolute Gasteiger partial charge is 0.508 e. The lowest BCUT2D eigenvalue weighted by atomic mass is 10.2. The summed E-state index contributed by atoms with van der Waals surface area (Å²) >= 11 is 5.92. The quantitative estimate of drug-likeness (QED) is 0.879. The van der Waals surface area contributed by atoms with Crippen molar-refractivity contribution in [3.8, 4) is 11.6 Å². The summed E-state index contributed by atoms with van der Waals surface area (Å²) in [6, 6.07) is 8.66. The van der Waals surface area contributed by atoms with Crippen LogP contribution in [-0.4, -0.2) is 16.2 Å². The van der Waals surface area contributed by atoms with E-state index in [-0.39, 0.29) is 11.9 Å². The van der Waals surface area contributed by atoms with Gasteiger partial charge >= 0.3 is 0 Å². The smallest absolute Gasteiger partial charge is 0.237 e. The van der Waals surface area contributed by atoms with Crippen LogP contribution in [0.25, 0.3) is 0 Å². The Bertz CT molecular complexity index is 588. The molecular weight excluding hydrogens is 276 g/mol. The zero-order valence-corrected chi connectivity index (χ0v) is 12.2. The number of pyridine rings is 1. The number of benzene rings is 1. The first-order valence-corrected chi connectivity index (χ1v) is 6.77. The number of halogens is 1. The van der Waals surface area contributed by atoms with Gasteiger partial charge in [-0.3, -0.25) is 0 Å². The van der Waals surface area contributed by atoms with Gasteiger partial charge in [-0.25, -0.2) is 4.98 Å². The monoisotopic (exact) mass is 292 g/mol. The van der Waals surface area contributed by atoms with Crippen molar-refractivity contribution in [3.05, 3.63) is 47.1 Å². The summed E-state index contributed by atoms with van der Waals surface area (Å²) in [7, 11) is 0. The Morgan fingerprint density at radius 1 is 1.35 bits per heavy atom. The number of rotatable bonds is 5. The highest BCUT2D eigenvalue weighted by Gasteiger charge is 2.08. The van der Waals surface area contributed by atoms with Crippen LogP contribution in [0.3, 0.4) is 0 Å². The summed E-state index contributed by atoms with van der Waals surface area (Å²) in [5.74, 6) is 0.751. The molecule has 2 aromatic rings. The van der Waals surface area contributed by atoms with E-state index in [1.807, 2.05) is 26.0 Å². The summed E-state index contributed by atoms with van der Waals surface area (Å²) in [5, 5.41) is 13.6.